The van der Waals surface area contributed by atoms with Crippen LogP contribution in [0.3, 0.4) is 0 Å². The van der Waals surface area contributed by atoms with Gasteiger partial charge in [0.1, 0.15) is 0 Å². The van der Waals surface area contributed by atoms with Crippen molar-refractivity contribution in [3.63, 3.8) is 0 Å². The predicted octanol–water partition coefficient (Wildman–Crippen LogP) is 5.97. The average Bonchev–Trinajstić information content (AvgIpc) is 3.04. The molecule has 1 unspecified atom stereocenters. The second-order valence-corrected chi connectivity index (χ2v) is 6.87. The van der Waals surface area contributed by atoms with Crippen molar-refractivity contribution in [2.75, 3.05) is 0 Å². The van der Waals surface area contributed by atoms with E-state index in [-0.39, 0.29) is 25.8 Å². The van der Waals surface area contributed by atoms with Gasteiger partial charge in [0.25, 0.3) is 0 Å². The molecule has 2 aromatic carbocycles. The van der Waals surface area contributed by atoms with Crippen LogP contribution in [-0.4, -0.2) is 0 Å². The fourth-order valence-electron chi connectivity index (χ4n) is 3.96. The Morgan fingerprint density at radius 1 is 1.10 bits per heavy atom. The first-order valence-corrected chi connectivity index (χ1v) is 8.33. The van der Waals surface area contributed by atoms with Gasteiger partial charge in [-0.25, -0.2) is 0 Å². The van der Waals surface area contributed by atoms with Gasteiger partial charge in [-0.2, -0.15) is 6.07 Å². The second kappa shape index (κ2) is 6.44. The van der Waals surface area contributed by atoms with Gasteiger partial charge in [0.05, 0.1) is 0 Å². The summed E-state index contributed by atoms with van der Waals surface area (Å²) in [6, 6.07) is 9.67. The van der Waals surface area contributed by atoms with Gasteiger partial charge in [-0.15, -0.1) is 34.5 Å². The molecule has 0 fully saturated rings. The molecule has 112 valence electrons. The normalized spacial score (nSPS) is 17.5. The van der Waals surface area contributed by atoms with E-state index in [0.717, 1.165) is 0 Å². The Kier molecular flexibility index (Phi) is 5.23. The second-order valence-electron chi connectivity index (χ2n) is 6.87. The number of hydrogen-bond donors (Lipinski definition) is 0. The summed E-state index contributed by atoms with van der Waals surface area (Å²) in [5.74, 6) is 0.675. The summed E-state index contributed by atoms with van der Waals surface area (Å²) >= 11 is 0. The molecule has 1 aliphatic rings. The van der Waals surface area contributed by atoms with Crippen LogP contribution in [0, 0.1) is 5.41 Å². The van der Waals surface area contributed by atoms with Gasteiger partial charge in [-0.3, -0.25) is 0 Å². The molecule has 3 rings (SSSR count). The van der Waals surface area contributed by atoms with Crippen LogP contribution >= 0.6 is 0 Å². The Morgan fingerprint density at radius 2 is 1.71 bits per heavy atom. The zero-order chi connectivity index (χ0) is 14.3. The first kappa shape index (κ1) is 17.1. The van der Waals surface area contributed by atoms with E-state index >= 15 is 0 Å². The molecule has 0 N–H and O–H groups in total. The molecule has 0 radical (unpaired) electrons. The van der Waals surface area contributed by atoms with Crippen LogP contribution < -0.4 is 0 Å². The van der Waals surface area contributed by atoms with Crippen molar-refractivity contribution in [1.82, 2.24) is 0 Å². The third-order valence-corrected chi connectivity index (χ3v) is 5.90. The van der Waals surface area contributed by atoms with E-state index in [1.807, 2.05) is 0 Å². The third kappa shape index (κ3) is 2.83. The molecule has 1 aliphatic carbocycles. The van der Waals surface area contributed by atoms with E-state index in [4.69, 9.17) is 0 Å². The van der Waals surface area contributed by atoms with Crippen LogP contribution in [0.4, 0.5) is 0 Å². The van der Waals surface area contributed by atoms with E-state index < -0.39 is 0 Å². The van der Waals surface area contributed by atoms with Crippen LogP contribution in [-0.2, 0) is 38.7 Å². The minimum atomic E-state index is 0. The summed E-state index contributed by atoms with van der Waals surface area (Å²) in [6.07, 6.45) is 6.41. The third-order valence-electron chi connectivity index (χ3n) is 5.90. The maximum Gasteiger partial charge on any atom is 0 e. The van der Waals surface area contributed by atoms with E-state index in [0.29, 0.717) is 11.3 Å². The van der Waals surface area contributed by atoms with E-state index in [1.165, 1.54) is 42.9 Å². The minimum Gasteiger partial charge on any atom is -0.168 e. The molecule has 0 amide bonds. The van der Waals surface area contributed by atoms with Crippen LogP contribution in [0.5, 0.6) is 0 Å². The SMILES string of the molecule is CCC(C)[c-]1ccc2cc3c(cc21)CC(CC)(CC)C3.[Hf]. The average molecular weight is 446 g/mol. The van der Waals surface area contributed by atoms with Crippen LogP contribution in [0.2, 0.25) is 0 Å². The first-order chi connectivity index (χ1) is 9.62. The van der Waals surface area contributed by atoms with Crippen molar-refractivity contribution in [1.29, 1.82) is 0 Å². The number of hydrogen-bond acceptors (Lipinski definition) is 0. The van der Waals surface area contributed by atoms with Crippen molar-refractivity contribution < 1.29 is 25.8 Å². The van der Waals surface area contributed by atoms with Gasteiger partial charge >= 0.3 is 0 Å². The summed E-state index contributed by atoms with van der Waals surface area (Å²) in [5, 5.41) is 2.98. The van der Waals surface area contributed by atoms with Crippen LogP contribution in [0.25, 0.3) is 10.8 Å². The van der Waals surface area contributed by atoms with E-state index in [2.05, 4.69) is 52.0 Å². The van der Waals surface area contributed by atoms with Gasteiger partial charge in [0.15, 0.2) is 0 Å². The van der Waals surface area contributed by atoms with Crippen molar-refractivity contribution in [2.45, 2.75) is 65.7 Å². The molecule has 1 heteroatoms. The van der Waals surface area contributed by atoms with E-state index in [1.54, 1.807) is 16.7 Å². The molecule has 21 heavy (non-hydrogen) atoms. The molecule has 0 spiro atoms. The molecular formula is C20H27Hf-. The van der Waals surface area contributed by atoms with Gasteiger partial charge < -0.3 is 0 Å². The van der Waals surface area contributed by atoms with E-state index in [9.17, 15) is 0 Å². The van der Waals surface area contributed by atoms with Gasteiger partial charge in [-0.05, 0) is 31.1 Å². The standard InChI is InChI=1S/C20H27.Hf/c1-5-14(4)18-9-8-15-10-16-12-20(6-2,7-3)13-17(16)11-19(15)18;/h8-11,14H,5-7,12-13H2,1-4H3;/q-1;. The maximum absolute atomic E-state index is 2.51. The summed E-state index contributed by atoms with van der Waals surface area (Å²) in [6.45, 7) is 9.36. The Morgan fingerprint density at radius 3 is 2.29 bits per heavy atom. The summed E-state index contributed by atoms with van der Waals surface area (Å²) in [5.41, 5.74) is 5.33. The molecule has 2 aromatic rings. The van der Waals surface area contributed by atoms with Gasteiger partial charge in [0, 0.05) is 25.8 Å². The molecule has 0 bridgehead atoms. The smallest absolute Gasteiger partial charge is 0 e. The summed E-state index contributed by atoms with van der Waals surface area (Å²) in [7, 11) is 0. The van der Waals surface area contributed by atoms with Crippen molar-refractivity contribution in [3.05, 3.63) is 41.0 Å². The number of rotatable bonds is 4. The van der Waals surface area contributed by atoms with Crippen molar-refractivity contribution in [3.8, 4) is 0 Å². The largest absolute Gasteiger partial charge is 0.168 e. The topological polar surface area (TPSA) is 0 Å². The zero-order valence-electron chi connectivity index (χ0n) is 13.9. The molecule has 0 saturated carbocycles. The fraction of sp³-hybridized carbons (Fsp3) is 0.550. The zero-order valence-corrected chi connectivity index (χ0v) is 17.5. The molecule has 0 heterocycles. The minimum absolute atomic E-state index is 0. The quantitative estimate of drug-likeness (QED) is 0.401. The predicted molar refractivity (Wildman–Crippen MR) is 88.7 cm³/mol. The summed E-state index contributed by atoms with van der Waals surface area (Å²) in [4.78, 5) is 0. The van der Waals surface area contributed by atoms with Gasteiger partial charge in [0.2, 0.25) is 0 Å². The molecule has 0 aliphatic heterocycles. The molecule has 0 nitrogen and oxygen atoms in total. The Bertz CT molecular complexity index is 616. The van der Waals surface area contributed by atoms with Crippen LogP contribution in [0.15, 0.2) is 24.3 Å². The van der Waals surface area contributed by atoms with Crippen molar-refractivity contribution in [2.24, 2.45) is 5.41 Å². The monoisotopic (exact) mass is 447 g/mol. The van der Waals surface area contributed by atoms with Gasteiger partial charge in [-0.1, -0.05) is 51.2 Å². The number of benzene rings is 1. The Labute approximate surface area is 148 Å². The van der Waals surface area contributed by atoms with Crippen molar-refractivity contribution >= 4 is 10.8 Å². The Balaban J connectivity index is 0.00000161. The first-order valence-electron chi connectivity index (χ1n) is 8.33. The summed E-state index contributed by atoms with van der Waals surface area (Å²) < 4.78 is 0. The number of fused-ring (bicyclic) bond motifs is 2. The maximum atomic E-state index is 2.51. The molecule has 0 aromatic heterocycles. The Hall–Kier alpha value is -0.300. The fourth-order valence-corrected chi connectivity index (χ4v) is 3.96. The molecule has 0 saturated heterocycles. The molecule has 1 atom stereocenters. The van der Waals surface area contributed by atoms with Crippen LogP contribution in [0.1, 0.15) is 69.6 Å². The molecular weight excluding hydrogens is 419 g/mol.